The highest BCUT2D eigenvalue weighted by atomic mass is 32.1. The van der Waals surface area contributed by atoms with Gasteiger partial charge in [0, 0.05) is 42.5 Å². The maximum Gasteiger partial charge on any atom is 0.253 e. The Bertz CT molecular complexity index is 1160. The molecule has 1 atom stereocenters. The molecular weight excluding hydrogens is 446 g/mol. The second kappa shape index (κ2) is 10.4. The number of benzene rings is 2. The third kappa shape index (κ3) is 5.32. The van der Waals surface area contributed by atoms with Crippen LogP contribution in [0.2, 0.25) is 0 Å². The molecule has 1 aromatic heterocycles. The minimum absolute atomic E-state index is 0.0722. The summed E-state index contributed by atoms with van der Waals surface area (Å²) in [4.78, 5) is 29.1. The summed E-state index contributed by atoms with van der Waals surface area (Å²) < 4.78 is 5.67. The van der Waals surface area contributed by atoms with Crippen LogP contribution in [0.5, 0.6) is 0 Å². The number of carbonyl (C=O) groups is 2. The normalized spacial score (nSPS) is 17.3. The lowest BCUT2D eigenvalue weighted by Crippen LogP contribution is -2.35. The van der Waals surface area contributed by atoms with Gasteiger partial charge in [-0.1, -0.05) is 30.3 Å². The predicted molar refractivity (Wildman–Crippen MR) is 136 cm³/mol. The number of hydrogen-bond donors (Lipinski definition) is 2. The summed E-state index contributed by atoms with van der Waals surface area (Å²) in [6, 6.07) is 18.0. The molecule has 0 aliphatic carbocycles. The SMILES string of the molecule is O=C(Cc1cccs1)Nc1ccc(N2CCc3ccccc3C2)c(C(=O)NCC2CCCO2)c1. The van der Waals surface area contributed by atoms with E-state index in [-0.39, 0.29) is 17.9 Å². The molecule has 1 fully saturated rings. The molecule has 0 saturated carbocycles. The molecule has 176 valence electrons. The van der Waals surface area contributed by atoms with Gasteiger partial charge >= 0.3 is 0 Å². The van der Waals surface area contributed by atoms with Crippen molar-refractivity contribution in [2.75, 3.05) is 29.9 Å². The summed E-state index contributed by atoms with van der Waals surface area (Å²) >= 11 is 1.56. The van der Waals surface area contributed by atoms with Crippen molar-refractivity contribution >= 4 is 34.5 Å². The van der Waals surface area contributed by atoms with E-state index in [2.05, 4.69) is 39.8 Å². The summed E-state index contributed by atoms with van der Waals surface area (Å²) in [7, 11) is 0. The van der Waals surface area contributed by atoms with Crippen LogP contribution in [0.15, 0.2) is 60.0 Å². The molecule has 34 heavy (non-hydrogen) atoms. The van der Waals surface area contributed by atoms with E-state index in [1.54, 1.807) is 17.4 Å². The molecule has 0 bridgehead atoms. The average molecular weight is 476 g/mol. The van der Waals surface area contributed by atoms with Crippen molar-refractivity contribution in [1.82, 2.24) is 5.32 Å². The molecule has 2 amide bonds. The minimum Gasteiger partial charge on any atom is -0.376 e. The molecule has 1 unspecified atom stereocenters. The van der Waals surface area contributed by atoms with Gasteiger partial charge in [0.15, 0.2) is 0 Å². The van der Waals surface area contributed by atoms with Gasteiger partial charge in [0.25, 0.3) is 5.91 Å². The van der Waals surface area contributed by atoms with Crippen LogP contribution >= 0.6 is 11.3 Å². The van der Waals surface area contributed by atoms with E-state index in [4.69, 9.17) is 4.74 Å². The predicted octanol–water partition coefficient (Wildman–Crippen LogP) is 4.40. The Hall–Kier alpha value is -3.16. The fourth-order valence-electron chi connectivity index (χ4n) is 4.66. The maximum atomic E-state index is 13.3. The molecule has 2 aromatic carbocycles. The molecule has 3 heterocycles. The molecule has 7 heteroatoms. The third-order valence-electron chi connectivity index (χ3n) is 6.43. The lowest BCUT2D eigenvalue weighted by atomic mass is 9.98. The molecule has 1 saturated heterocycles. The highest BCUT2D eigenvalue weighted by Gasteiger charge is 2.23. The molecule has 2 N–H and O–H groups in total. The van der Waals surface area contributed by atoms with Crippen molar-refractivity contribution in [3.63, 3.8) is 0 Å². The van der Waals surface area contributed by atoms with E-state index < -0.39 is 0 Å². The van der Waals surface area contributed by atoms with Crippen molar-refractivity contribution in [3.05, 3.63) is 81.5 Å². The fraction of sp³-hybridized carbons (Fsp3) is 0.333. The molecular formula is C27H29N3O3S. The first kappa shape index (κ1) is 22.6. The first-order valence-corrected chi connectivity index (χ1v) is 12.7. The number of thiophene rings is 1. The van der Waals surface area contributed by atoms with E-state index >= 15 is 0 Å². The van der Waals surface area contributed by atoms with Crippen molar-refractivity contribution in [3.8, 4) is 0 Å². The number of carbonyl (C=O) groups excluding carboxylic acids is 2. The van der Waals surface area contributed by atoms with Crippen LogP contribution < -0.4 is 15.5 Å². The zero-order valence-corrected chi connectivity index (χ0v) is 19.9. The van der Waals surface area contributed by atoms with Crippen molar-refractivity contribution in [2.24, 2.45) is 0 Å². The van der Waals surface area contributed by atoms with Crippen molar-refractivity contribution in [1.29, 1.82) is 0 Å². The summed E-state index contributed by atoms with van der Waals surface area (Å²) in [6.45, 7) is 2.85. The average Bonchev–Trinajstić information content (AvgIpc) is 3.56. The number of nitrogens with zero attached hydrogens (tertiary/aromatic N) is 1. The number of anilines is 2. The smallest absolute Gasteiger partial charge is 0.253 e. The van der Waals surface area contributed by atoms with Crippen LogP contribution in [-0.2, 0) is 28.9 Å². The Balaban J connectivity index is 1.36. The van der Waals surface area contributed by atoms with Crippen molar-refractivity contribution in [2.45, 2.75) is 38.3 Å². The molecule has 2 aliphatic heterocycles. The van der Waals surface area contributed by atoms with Crippen LogP contribution in [0.4, 0.5) is 11.4 Å². The third-order valence-corrected chi connectivity index (χ3v) is 7.30. The largest absolute Gasteiger partial charge is 0.376 e. The Morgan fingerprint density at radius 1 is 1.09 bits per heavy atom. The van der Waals surface area contributed by atoms with E-state index in [1.807, 2.05) is 29.6 Å². The van der Waals surface area contributed by atoms with Crippen LogP contribution in [-0.4, -0.2) is 37.6 Å². The van der Waals surface area contributed by atoms with Gasteiger partial charge in [-0.3, -0.25) is 9.59 Å². The van der Waals surface area contributed by atoms with Crippen LogP contribution in [0, 0.1) is 0 Å². The number of rotatable bonds is 7. The Kier molecular flexibility index (Phi) is 6.92. The van der Waals surface area contributed by atoms with Crippen LogP contribution in [0.3, 0.4) is 0 Å². The van der Waals surface area contributed by atoms with Gasteiger partial charge < -0.3 is 20.3 Å². The number of ether oxygens (including phenoxy) is 1. The molecule has 6 nitrogen and oxygen atoms in total. The minimum atomic E-state index is -0.140. The Labute approximate surface area is 203 Å². The standard InChI is InChI=1S/C27H29N3O3S/c31-26(16-23-8-4-14-34-23)29-21-9-10-25(30-12-11-19-5-1-2-6-20(19)18-30)24(15-21)27(32)28-17-22-7-3-13-33-22/h1-2,4-6,8-10,14-15,22H,3,7,11-13,16-18H2,(H,28,32)(H,29,31). The zero-order chi connectivity index (χ0) is 23.3. The molecule has 3 aromatic rings. The highest BCUT2D eigenvalue weighted by molar-refractivity contribution is 7.10. The van der Waals surface area contributed by atoms with Gasteiger partial charge in [0.1, 0.15) is 0 Å². The van der Waals surface area contributed by atoms with E-state index in [0.717, 1.165) is 49.5 Å². The Morgan fingerprint density at radius 3 is 2.76 bits per heavy atom. The van der Waals surface area contributed by atoms with Gasteiger partial charge in [-0.25, -0.2) is 0 Å². The summed E-state index contributed by atoms with van der Waals surface area (Å²) in [5, 5.41) is 7.98. The number of amides is 2. The van der Waals surface area contributed by atoms with Crippen LogP contribution in [0.1, 0.15) is 39.2 Å². The first-order chi connectivity index (χ1) is 16.7. The fourth-order valence-corrected chi connectivity index (χ4v) is 5.36. The highest BCUT2D eigenvalue weighted by Crippen LogP contribution is 2.30. The quantitative estimate of drug-likeness (QED) is 0.531. The Morgan fingerprint density at radius 2 is 1.97 bits per heavy atom. The van der Waals surface area contributed by atoms with Gasteiger partial charge in [0.05, 0.1) is 18.1 Å². The maximum absolute atomic E-state index is 13.3. The van der Waals surface area contributed by atoms with Gasteiger partial charge in [-0.05, 0) is 60.0 Å². The van der Waals surface area contributed by atoms with Gasteiger partial charge in [-0.2, -0.15) is 0 Å². The van der Waals surface area contributed by atoms with Gasteiger partial charge in [-0.15, -0.1) is 11.3 Å². The van der Waals surface area contributed by atoms with E-state index in [9.17, 15) is 9.59 Å². The van der Waals surface area contributed by atoms with Gasteiger partial charge in [0.2, 0.25) is 5.91 Å². The van der Waals surface area contributed by atoms with Crippen LogP contribution in [0.25, 0.3) is 0 Å². The molecule has 0 radical (unpaired) electrons. The molecule has 2 aliphatic rings. The van der Waals surface area contributed by atoms with E-state index in [0.29, 0.717) is 24.2 Å². The second-order valence-corrected chi connectivity index (χ2v) is 9.85. The van der Waals surface area contributed by atoms with E-state index in [1.165, 1.54) is 11.1 Å². The first-order valence-electron chi connectivity index (χ1n) is 11.8. The molecule has 0 spiro atoms. The lowest BCUT2D eigenvalue weighted by molar-refractivity contribution is -0.115. The monoisotopic (exact) mass is 475 g/mol. The second-order valence-electron chi connectivity index (χ2n) is 8.82. The number of hydrogen-bond acceptors (Lipinski definition) is 5. The van der Waals surface area contributed by atoms with Crippen molar-refractivity contribution < 1.29 is 14.3 Å². The summed E-state index contributed by atoms with van der Waals surface area (Å²) in [6.07, 6.45) is 3.33. The lowest BCUT2D eigenvalue weighted by Gasteiger charge is -2.32. The molecule has 5 rings (SSSR count). The zero-order valence-electron chi connectivity index (χ0n) is 19.1. The summed E-state index contributed by atoms with van der Waals surface area (Å²) in [5.41, 5.74) is 4.74. The topological polar surface area (TPSA) is 70.7 Å². The number of nitrogens with one attached hydrogen (secondary N) is 2. The number of fused-ring (bicyclic) bond motifs is 1. The summed E-state index contributed by atoms with van der Waals surface area (Å²) in [5.74, 6) is -0.230.